The molecule has 3 N–H and O–H groups in total. The van der Waals surface area contributed by atoms with Gasteiger partial charge in [0.2, 0.25) is 0 Å². The average molecular weight is 385 g/mol. The van der Waals surface area contributed by atoms with Crippen LogP contribution in [0.25, 0.3) is 0 Å². The van der Waals surface area contributed by atoms with E-state index in [1.807, 2.05) is 42.5 Å². The maximum Gasteiger partial charge on any atom is 0.307 e. The second-order valence-corrected chi connectivity index (χ2v) is 6.28. The molecule has 5 heteroatoms. The summed E-state index contributed by atoms with van der Waals surface area (Å²) in [6, 6.07) is 13.4. The molecule has 19 heavy (non-hydrogen) atoms. The number of halogens is 1. The number of rotatable bonds is 4. The highest BCUT2D eigenvalue weighted by molar-refractivity contribution is 14.1. The van der Waals surface area contributed by atoms with Gasteiger partial charge in [-0.2, -0.15) is 0 Å². The first kappa shape index (κ1) is 14.2. The largest absolute Gasteiger partial charge is 0.481 e. The average Bonchev–Trinajstić information content (AvgIpc) is 2.34. The van der Waals surface area contributed by atoms with Gasteiger partial charge < -0.3 is 10.8 Å². The lowest BCUT2D eigenvalue weighted by Gasteiger charge is -2.06. The molecule has 0 aliphatic carbocycles. The monoisotopic (exact) mass is 385 g/mol. The van der Waals surface area contributed by atoms with Gasteiger partial charge in [0.15, 0.2) is 0 Å². The molecule has 0 bridgehead atoms. The van der Waals surface area contributed by atoms with Gasteiger partial charge in [0.05, 0.1) is 6.42 Å². The van der Waals surface area contributed by atoms with E-state index in [2.05, 4.69) is 22.6 Å². The van der Waals surface area contributed by atoms with E-state index in [0.717, 1.165) is 24.6 Å². The van der Waals surface area contributed by atoms with Gasteiger partial charge in [-0.1, -0.05) is 17.8 Å². The Balaban J connectivity index is 2.17. The molecule has 0 atom stereocenters. The lowest BCUT2D eigenvalue weighted by atomic mass is 10.2. The molecule has 0 radical (unpaired) electrons. The topological polar surface area (TPSA) is 63.3 Å². The number of carboxylic acid groups (broad SMARTS) is 1. The first-order chi connectivity index (χ1) is 9.04. The fraction of sp³-hybridized carbons (Fsp3) is 0.0714. The number of hydrogen-bond acceptors (Lipinski definition) is 3. The van der Waals surface area contributed by atoms with Crippen LogP contribution in [0.4, 0.5) is 5.69 Å². The first-order valence-corrected chi connectivity index (χ1v) is 7.48. The molecular formula is C14H12INO2S. The highest BCUT2D eigenvalue weighted by atomic mass is 127. The zero-order valence-electron chi connectivity index (χ0n) is 9.97. The van der Waals surface area contributed by atoms with Crippen LogP contribution >= 0.6 is 34.4 Å². The Kier molecular flexibility index (Phi) is 4.71. The Bertz CT molecular complexity index is 599. The number of anilines is 1. The number of nitrogens with two attached hydrogens (primary N) is 1. The summed E-state index contributed by atoms with van der Waals surface area (Å²) in [5.41, 5.74) is 7.21. The van der Waals surface area contributed by atoms with E-state index in [9.17, 15) is 4.79 Å². The summed E-state index contributed by atoms with van der Waals surface area (Å²) >= 11 is 3.87. The third-order valence-corrected chi connectivity index (χ3v) is 4.80. The van der Waals surface area contributed by atoms with Crippen LogP contribution in [0.3, 0.4) is 0 Å². The molecule has 98 valence electrons. The molecule has 0 unspecified atom stereocenters. The zero-order valence-corrected chi connectivity index (χ0v) is 12.9. The van der Waals surface area contributed by atoms with Crippen molar-refractivity contribution in [2.24, 2.45) is 0 Å². The van der Waals surface area contributed by atoms with Crippen molar-refractivity contribution in [3.05, 3.63) is 51.6 Å². The Morgan fingerprint density at radius 3 is 2.47 bits per heavy atom. The summed E-state index contributed by atoms with van der Waals surface area (Å²) in [4.78, 5) is 12.9. The minimum absolute atomic E-state index is 0.0584. The van der Waals surface area contributed by atoms with Gasteiger partial charge in [0.25, 0.3) is 0 Å². The van der Waals surface area contributed by atoms with Crippen LogP contribution in [0, 0.1) is 3.57 Å². The van der Waals surface area contributed by atoms with Crippen molar-refractivity contribution in [3.63, 3.8) is 0 Å². The lowest BCUT2D eigenvalue weighted by Crippen LogP contribution is -2.00. The van der Waals surface area contributed by atoms with Crippen molar-refractivity contribution in [1.82, 2.24) is 0 Å². The fourth-order valence-corrected chi connectivity index (χ4v) is 3.30. The van der Waals surface area contributed by atoms with Crippen LogP contribution in [-0.4, -0.2) is 11.1 Å². The summed E-state index contributed by atoms with van der Waals surface area (Å²) < 4.78 is 1.05. The molecule has 0 amide bonds. The Labute approximate surface area is 129 Å². The smallest absolute Gasteiger partial charge is 0.307 e. The third kappa shape index (κ3) is 4.14. The number of nitrogen functional groups attached to an aromatic ring is 1. The van der Waals surface area contributed by atoms with Crippen LogP contribution in [-0.2, 0) is 11.2 Å². The van der Waals surface area contributed by atoms with Gasteiger partial charge >= 0.3 is 5.97 Å². The molecule has 0 heterocycles. The molecule has 2 rings (SSSR count). The van der Waals surface area contributed by atoms with Crippen LogP contribution in [0.2, 0.25) is 0 Å². The van der Waals surface area contributed by atoms with Crippen molar-refractivity contribution < 1.29 is 9.90 Å². The second-order valence-electron chi connectivity index (χ2n) is 4.01. The molecule has 0 fully saturated rings. The van der Waals surface area contributed by atoms with Gasteiger partial charge in [-0.15, -0.1) is 0 Å². The zero-order chi connectivity index (χ0) is 13.8. The molecule has 0 aliphatic heterocycles. The number of benzene rings is 2. The van der Waals surface area contributed by atoms with E-state index in [1.165, 1.54) is 0 Å². The SMILES string of the molecule is Nc1ccc(Sc2ccc(CC(=O)O)cc2I)cc1. The van der Waals surface area contributed by atoms with E-state index in [-0.39, 0.29) is 6.42 Å². The van der Waals surface area contributed by atoms with Crippen molar-refractivity contribution in [3.8, 4) is 0 Å². The molecule has 0 saturated carbocycles. The summed E-state index contributed by atoms with van der Waals surface area (Å²) in [5.74, 6) is -0.810. The Hall–Kier alpha value is -1.21. The molecule has 0 aliphatic rings. The maximum atomic E-state index is 10.7. The standard InChI is InChI=1S/C14H12INO2S/c15-12-7-9(8-14(17)18)1-6-13(12)19-11-4-2-10(16)3-5-11/h1-7H,8,16H2,(H,17,18). The molecule has 0 saturated heterocycles. The molecule has 0 spiro atoms. The van der Waals surface area contributed by atoms with Gasteiger partial charge in [-0.3, -0.25) is 4.79 Å². The number of aliphatic carboxylic acids is 1. The van der Waals surface area contributed by atoms with Gasteiger partial charge in [0, 0.05) is 19.0 Å². The first-order valence-electron chi connectivity index (χ1n) is 5.58. The number of carbonyl (C=O) groups is 1. The third-order valence-electron chi connectivity index (χ3n) is 2.46. The van der Waals surface area contributed by atoms with E-state index >= 15 is 0 Å². The summed E-state index contributed by atoms with van der Waals surface area (Å²) in [6.07, 6.45) is 0.0584. The van der Waals surface area contributed by atoms with Crippen LogP contribution < -0.4 is 5.73 Å². The second kappa shape index (κ2) is 6.29. The van der Waals surface area contributed by atoms with E-state index < -0.39 is 5.97 Å². The quantitative estimate of drug-likeness (QED) is 0.623. The lowest BCUT2D eigenvalue weighted by molar-refractivity contribution is -0.136. The Morgan fingerprint density at radius 2 is 1.89 bits per heavy atom. The Morgan fingerprint density at radius 1 is 1.21 bits per heavy atom. The molecule has 0 aromatic heterocycles. The molecule has 2 aromatic carbocycles. The summed E-state index contributed by atoms with van der Waals surface area (Å²) in [6.45, 7) is 0. The minimum Gasteiger partial charge on any atom is -0.481 e. The van der Waals surface area contributed by atoms with E-state index in [0.29, 0.717) is 0 Å². The van der Waals surface area contributed by atoms with Crippen molar-refractivity contribution in [2.45, 2.75) is 16.2 Å². The van der Waals surface area contributed by atoms with Gasteiger partial charge in [-0.05, 0) is 64.6 Å². The van der Waals surface area contributed by atoms with Crippen LogP contribution in [0.15, 0.2) is 52.3 Å². The molecule has 2 aromatic rings. The molecular weight excluding hydrogens is 373 g/mol. The van der Waals surface area contributed by atoms with Gasteiger partial charge in [0.1, 0.15) is 0 Å². The number of hydrogen-bond donors (Lipinski definition) is 2. The summed E-state index contributed by atoms with van der Waals surface area (Å²) in [7, 11) is 0. The predicted octanol–water partition coefficient (Wildman–Crippen LogP) is 3.65. The van der Waals surface area contributed by atoms with Crippen molar-refractivity contribution in [1.29, 1.82) is 0 Å². The molecule has 3 nitrogen and oxygen atoms in total. The van der Waals surface area contributed by atoms with Crippen molar-refractivity contribution in [2.75, 3.05) is 5.73 Å². The van der Waals surface area contributed by atoms with E-state index in [4.69, 9.17) is 10.8 Å². The van der Waals surface area contributed by atoms with Crippen molar-refractivity contribution >= 4 is 46.0 Å². The fourth-order valence-electron chi connectivity index (χ4n) is 1.57. The van der Waals surface area contributed by atoms with E-state index in [1.54, 1.807) is 11.8 Å². The normalized spacial score (nSPS) is 10.4. The highest BCUT2D eigenvalue weighted by Gasteiger charge is 2.06. The summed E-state index contributed by atoms with van der Waals surface area (Å²) in [5, 5.41) is 8.77. The van der Waals surface area contributed by atoms with Crippen LogP contribution in [0.1, 0.15) is 5.56 Å². The minimum atomic E-state index is -0.810. The highest BCUT2D eigenvalue weighted by Crippen LogP contribution is 2.32. The maximum absolute atomic E-state index is 10.7. The number of carboxylic acids is 1. The van der Waals surface area contributed by atoms with Crippen LogP contribution in [0.5, 0.6) is 0 Å². The predicted molar refractivity (Wildman–Crippen MR) is 85.5 cm³/mol. The van der Waals surface area contributed by atoms with Gasteiger partial charge in [-0.25, -0.2) is 0 Å².